The number of amides is 1. The molecule has 4 nitrogen and oxygen atoms in total. The summed E-state index contributed by atoms with van der Waals surface area (Å²) in [5.41, 5.74) is 2.43. The van der Waals surface area contributed by atoms with Crippen molar-refractivity contribution >= 4 is 23.2 Å². The van der Waals surface area contributed by atoms with E-state index in [0.29, 0.717) is 29.5 Å². The molecule has 1 amide bonds. The summed E-state index contributed by atoms with van der Waals surface area (Å²) in [6, 6.07) is 19.3. The average molecular weight is 649 g/mol. The molecule has 0 bridgehead atoms. The molecule has 1 heterocycles. The number of carbonyl (C=O) groups excluding carboxylic acids is 1. The van der Waals surface area contributed by atoms with E-state index in [1.807, 2.05) is 84.7 Å². The number of aryl methyl sites for hydroxylation is 1. The molecule has 0 aliphatic rings. The van der Waals surface area contributed by atoms with Gasteiger partial charge in [-0.25, -0.2) is 4.57 Å². The zero-order valence-corrected chi connectivity index (χ0v) is 25.8. The molecule has 0 unspecified atom stereocenters. The molecule has 3 rings (SSSR count). The smallest absolute Gasteiger partial charge is 0.264 e. The third-order valence-corrected chi connectivity index (χ3v) is 6.89. The zero-order valence-electron chi connectivity index (χ0n) is 22.9. The number of unbranched alkanes of at least 4 members (excludes halogenated alkanes) is 9. The molecule has 0 aliphatic carbocycles. The molecular weight excluding hydrogens is 607 g/mol. The Kier molecular flexibility index (Phi) is 15.4. The van der Waals surface area contributed by atoms with Crippen molar-refractivity contribution in [1.29, 1.82) is 0 Å². The van der Waals surface area contributed by atoms with Crippen LogP contribution in [0.4, 0.5) is 5.69 Å². The molecule has 206 valence electrons. The lowest BCUT2D eigenvalue weighted by Gasteiger charge is -2.23. The van der Waals surface area contributed by atoms with E-state index < -0.39 is 0 Å². The monoisotopic (exact) mass is 648 g/mol. The van der Waals surface area contributed by atoms with Gasteiger partial charge in [0.2, 0.25) is 0 Å². The van der Waals surface area contributed by atoms with Gasteiger partial charge < -0.3 is 33.6 Å². The lowest BCUT2D eigenvalue weighted by atomic mass is 10.1. The number of hydrogen-bond acceptors (Lipinski definition) is 2. The number of halogens is 2. The molecular formula is C32H42ClIN2O2. The van der Waals surface area contributed by atoms with Gasteiger partial charge in [0, 0.05) is 11.8 Å². The third-order valence-electron chi connectivity index (χ3n) is 6.59. The maximum atomic E-state index is 13.4. The summed E-state index contributed by atoms with van der Waals surface area (Å²) in [6.45, 7) is 3.35. The van der Waals surface area contributed by atoms with Gasteiger partial charge >= 0.3 is 0 Å². The lowest BCUT2D eigenvalue weighted by molar-refractivity contribution is -0.671. The molecule has 0 atom stereocenters. The van der Waals surface area contributed by atoms with Crippen molar-refractivity contribution < 1.29 is 38.1 Å². The van der Waals surface area contributed by atoms with Gasteiger partial charge in [0.05, 0.1) is 18.2 Å². The van der Waals surface area contributed by atoms with Crippen molar-refractivity contribution in [3.63, 3.8) is 0 Å². The Balaban J connectivity index is 0.00000507. The van der Waals surface area contributed by atoms with Gasteiger partial charge in [0.25, 0.3) is 5.91 Å². The summed E-state index contributed by atoms with van der Waals surface area (Å²) in [5, 5.41) is 0.580. The van der Waals surface area contributed by atoms with E-state index in [0.717, 1.165) is 17.7 Å². The molecule has 6 heteroatoms. The van der Waals surface area contributed by atoms with E-state index in [1.54, 1.807) is 4.90 Å². The van der Waals surface area contributed by atoms with Gasteiger partial charge in [0.15, 0.2) is 12.4 Å². The lowest BCUT2D eigenvalue weighted by Crippen LogP contribution is -3.00. The fraction of sp³-hybridized carbons (Fsp3) is 0.438. The van der Waals surface area contributed by atoms with Crippen molar-refractivity contribution in [2.24, 2.45) is 7.05 Å². The summed E-state index contributed by atoms with van der Waals surface area (Å²) < 4.78 is 7.85. The van der Waals surface area contributed by atoms with Crippen molar-refractivity contribution in [1.82, 2.24) is 0 Å². The molecule has 1 aromatic heterocycles. The second-order valence-corrected chi connectivity index (χ2v) is 10.2. The number of carbonyl (C=O) groups is 1. The summed E-state index contributed by atoms with van der Waals surface area (Å²) >= 11 is 6.58. The number of para-hydroxylation sites is 1. The Morgan fingerprint density at radius 2 is 1.53 bits per heavy atom. The molecule has 2 aromatic carbocycles. The van der Waals surface area contributed by atoms with Gasteiger partial charge in [0.1, 0.15) is 18.4 Å². The zero-order chi connectivity index (χ0) is 26.3. The minimum absolute atomic E-state index is 0. The Morgan fingerprint density at radius 3 is 2.16 bits per heavy atom. The van der Waals surface area contributed by atoms with Crippen molar-refractivity contribution in [3.05, 3.63) is 89.2 Å². The summed E-state index contributed by atoms with van der Waals surface area (Å²) in [7, 11) is 1.91. The molecule has 0 saturated heterocycles. The Morgan fingerprint density at radius 1 is 0.868 bits per heavy atom. The van der Waals surface area contributed by atoms with E-state index in [1.165, 1.54) is 57.8 Å². The predicted octanol–water partition coefficient (Wildman–Crippen LogP) is 5.32. The van der Waals surface area contributed by atoms with E-state index in [9.17, 15) is 4.79 Å². The van der Waals surface area contributed by atoms with Gasteiger partial charge in [-0.2, -0.15) is 0 Å². The molecule has 38 heavy (non-hydrogen) atoms. The van der Waals surface area contributed by atoms with Crippen LogP contribution in [0.5, 0.6) is 5.75 Å². The summed E-state index contributed by atoms with van der Waals surface area (Å²) in [5.74, 6) is 0.647. The number of ether oxygens (including phenoxy) is 1. The highest BCUT2D eigenvalue weighted by Gasteiger charge is 2.20. The van der Waals surface area contributed by atoms with Crippen LogP contribution in [0.25, 0.3) is 0 Å². The van der Waals surface area contributed by atoms with Crippen molar-refractivity contribution in [2.45, 2.75) is 77.7 Å². The van der Waals surface area contributed by atoms with Gasteiger partial charge in [-0.3, -0.25) is 4.79 Å². The molecule has 0 spiro atoms. The highest BCUT2D eigenvalue weighted by molar-refractivity contribution is 6.32. The second kappa shape index (κ2) is 18.2. The second-order valence-electron chi connectivity index (χ2n) is 9.78. The van der Waals surface area contributed by atoms with E-state index in [-0.39, 0.29) is 29.9 Å². The fourth-order valence-electron chi connectivity index (χ4n) is 4.47. The predicted molar refractivity (Wildman–Crippen MR) is 153 cm³/mol. The topological polar surface area (TPSA) is 33.4 Å². The van der Waals surface area contributed by atoms with Crippen LogP contribution in [0.3, 0.4) is 0 Å². The first-order valence-corrected chi connectivity index (χ1v) is 14.2. The number of aromatic nitrogens is 1. The fourth-order valence-corrected chi connectivity index (χ4v) is 4.73. The molecule has 3 aromatic rings. The first-order chi connectivity index (χ1) is 18.1. The van der Waals surface area contributed by atoms with Gasteiger partial charge in [-0.05, 0) is 42.3 Å². The molecule has 0 saturated carbocycles. The Hall–Kier alpha value is -2.12. The largest absolute Gasteiger partial charge is 1.00 e. The number of pyridine rings is 1. The standard InChI is InChI=1S/C32H42ClN2O2.HI/c1-3-4-5-6-7-8-9-10-11-15-23-37-31-21-20-27(24-30(31)33)25-35(29-18-13-12-14-19-29)32(36)28-17-16-22-34(2)26-28;/h12-14,16-22,24,26H,3-11,15,23,25H2,1-2H3;1H/q+1;/p-1. The van der Waals surface area contributed by atoms with Crippen molar-refractivity contribution in [3.8, 4) is 5.75 Å². The maximum absolute atomic E-state index is 13.4. The Labute approximate surface area is 251 Å². The van der Waals surface area contributed by atoms with Crippen LogP contribution in [-0.4, -0.2) is 12.5 Å². The molecule has 0 radical (unpaired) electrons. The molecule has 0 N–H and O–H groups in total. The number of anilines is 1. The summed E-state index contributed by atoms with van der Waals surface area (Å²) in [6.07, 6.45) is 16.8. The van der Waals surface area contributed by atoms with Gasteiger partial charge in [-0.15, -0.1) is 0 Å². The highest BCUT2D eigenvalue weighted by Crippen LogP contribution is 2.28. The van der Waals surface area contributed by atoms with Crippen LogP contribution >= 0.6 is 11.6 Å². The average Bonchev–Trinajstić information content (AvgIpc) is 2.91. The van der Waals surface area contributed by atoms with Crippen LogP contribution in [0, 0.1) is 0 Å². The van der Waals surface area contributed by atoms with Crippen LogP contribution in [0.2, 0.25) is 5.02 Å². The van der Waals surface area contributed by atoms with Gasteiger partial charge in [-0.1, -0.05) is 101 Å². The Bertz CT molecular complexity index is 1090. The maximum Gasteiger partial charge on any atom is 0.264 e. The summed E-state index contributed by atoms with van der Waals surface area (Å²) in [4.78, 5) is 15.2. The quantitative estimate of drug-likeness (QED) is 0.120. The highest BCUT2D eigenvalue weighted by atomic mass is 127. The van der Waals surface area contributed by atoms with E-state index in [4.69, 9.17) is 16.3 Å². The van der Waals surface area contributed by atoms with Crippen LogP contribution < -0.4 is 38.2 Å². The number of hydrogen-bond donors (Lipinski definition) is 0. The number of benzene rings is 2. The van der Waals surface area contributed by atoms with Crippen molar-refractivity contribution in [2.75, 3.05) is 11.5 Å². The number of rotatable bonds is 16. The minimum Gasteiger partial charge on any atom is -1.00 e. The van der Waals surface area contributed by atoms with Crippen LogP contribution in [-0.2, 0) is 13.6 Å². The SMILES string of the molecule is CCCCCCCCCCCCOc1ccc(CN(C(=O)c2ccc[n+](C)c2)c2ccccc2)cc1Cl.[I-]. The first kappa shape index (κ1) is 32.1. The van der Waals surface area contributed by atoms with Crippen LogP contribution in [0.15, 0.2) is 73.1 Å². The van der Waals surface area contributed by atoms with Crippen LogP contribution in [0.1, 0.15) is 87.1 Å². The van der Waals surface area contributed by atoms with E-state index in [2.05, 4.69) is 6.92 Å². The van der Waals surface area contributed by atoms with E-state index >= 15 is 0 Å². The normalized spacial score (nSPS) is 10.6. The first-order valence-electron chi connectivity index (χ1n) is 13.8. The minimum atomic E-state index is -0.0557. The molecule has 0 aliphatic heterocycles. The third kappa shape index (κ3) is 10.9. The number of nitrogens with zero attached hydrogens (tertiary/aromatic N) is 2. The molecule has 0 fully saturated rings.